The molecular formula is C17H21N3O3. The van der Waals surface area contributed by atoms with Crippen molar-refractivity contribution in [2.75, 3.05) is 0 Å². The van der Waals surface area contributed by atoms with Crippen molar-refractivity contribution >= 4 is 11.9 Å². The molecule has 1 unspecified atom stereocenters. The highest BCUT2D eigenvalue weighted by molar-refractivity contribution is 5.93. The summed E-state index contributed by atoms with van der Waals surface area (Å²) in [6.45, 7) is 5.50. The van der Waals surface area contributed by atoms with Gasteiger partial charge in [-0.1, -0.05) is 32.0 Å². The monoisotopic (exact) mass is 315 g/mol. The molecule has 2 aromatic rings. The Balaban J connectivity index is 2.17. The minimum atomic E-state index is -0.948. The van der Waals surface area contributed by atoms with Gasteiger partial charge in [0.15, 0.2) is 5.69 Å². The number of nitrogens with zero attached hydrogens (tertiary/aromatic N) is 2. The van der Waals surface area contributed by atoms with Crippen molar-refractivity contribution in [1.29, 1.82) is 0 Å². The van der Waals surface area contributed by atoms with Crippen molar-refractivity contribution in [2.45, 2.75) is 32.7 Å². The quantitative estimate of drug-likeness (QED) is 0.858. The first kappa shape index (κ1) is 16.7. The molecule has 0 spiro atoms. The fraction of sp³-hybridized carbons (Fsp3) is 0.353. The minimum Gasteiger partial charge on any atom is -0.481 e. The summed E-state index contributed by atoms with van der Waals surface area (Å²) < 4.78 is 1.61. The van der Waals surface area contributed by atoms with Crippen LogP contribution in [0.15, 0.2) is 42.6 Å². The number of carboxylic acid groups (broad SMARTS) is 1. The highest BCUT2D eigenvalue weighted by Gasteiger charge is 2.33. The molecule has 0 aliphatic carbocycles. The van der Waals surface area contributed by atoms with E-state index in [-0.39, 0.29) is 23.9 Å². The lowest BCUT2D eigenvalue weighted by molar-refractivity contribution is -0.138. The molecule has 0 saturated heterocycles. The molecule has 0 aliphatic rings. The van der Waals surface area contributed by atoms with Gasteiger partial charge in [-0.2, -0.15) is 5.10 Å². The lowest BCUT2D eigenvalue weighted by Crippen LogP contribution is -2.51. The zero-order valence-electron chi connectivity index (χ0n) is 13.5. The number of para-hydroxylation sites is 1. The number of aromatic nitrogens is 2. The number of carbonyl (C=O) groups excluding carboxylic acids is 1. The Morgan fingerprint density at radius 3 is 2.48 bits per heavy atom. The minimum absolute atomic E-state index is 0.0289. The van der Waals surface area contributed by atoms with Gasteiger partial charge < -0.3 is 10.4 Å². The molecule has 1 aromatic heterocycles. The number of amides is 1. The molecule has 1 aromatic carbocycles. The molecule has 2 N–H and O–H groups in total. The summed E-state index contributed by atoms with van der Waals surface area (Å²) >= 11 is 0. The van der Waals surface area contributed by atoms with E-state index < -0.39 is 11.5 Å². The van der Waals surface area contributed by atoms with Crippen LogP contribution in [-0.4, -0.2) is 32.3 Å². The Morgan fingerprint density at radius 1 is 1.26 bits per heavy atom. The number of aliphatic carboxylic acids is 1. The summed E-state index contributed by atoms with van der Waals surface area (Å²) in [5.74, 6) is -1.35. The molecule has 2 rings (SSSR count). The Labute approximate surface area is 135 Å². The third-order valence-electron chi connectivity index (χ3n) is 4.03. The van der Waals surface area contributed by atoms with Crippen LogP contribution in [0.25, 0.3) is 5.69 Å². The van der Waals surface area contributed by atoms with E-state index in [1.54, 1.807) is 23.9 Å². The summed E-state index contributed by atoms with van der Waals surface area (Å²) in [4.78, 5) is 23.5. The number of rotatable bonds is 6. The van der Waals surface area contributed by atoms with Crippen LogP contribution in [0.5, 0.6) is 0 Å². The number of nitrogens with one attached hydrogen (secondary N) is 1. The highest BCUT2D eigenvalue weighted by Crippen LogP contribution is 2.21. The Kier molecular flexibility index (Phi) is 4.83. The average molecular weight is 315 g/mol. The molecule has 6 heteroatoms. The van der Waals surface area contributed by atoms with E-state index in [1.807, 2.05) is 44.2 Å². The van der Waals surface area contributed by atoms with Gasteiger partial charge in [0, 0.05) is 6.20 Å². The number of hydrogen-bond acceptors (Lipinski definition) is 3. The van der Waals surface area contributed by atoms with Gasteiger partial charge in [0.25, 0.3) is 5.91 Å². The van der Waals surface area contributed by atoms with Crippen molar-refractivity contribution < 1.29 is 14.7 Å². The Bertz CT molecular complexity index is 694. The molecule has 1 heterocycles. The van der Waals surface area contributed by atoms with Gasteiger partial charge in [0.2, 0.25) is 0 Å². The number of carbonyl (C=O) groups is 2. The smallest absolute Gasteiger partial charge is 0.305 e. The fourth-order valence-electron chi connectivity index (χ4n) is 2.20. The molecule has 0 fully saturated rings. The summed E-state index contributed by atoms with van der Waals surface area (Å²) in [5, 5.41) is 16.1. The molecule has 6 nitrogen and oxygen atoms in total. The summed E-state index contributed by atoms with van der Waals surface area (Å²) in [5.41, 5.74) is 0.272. The Hall–Kier alpha value is -2.63. The number of benzene rings is 1. The predicted molar refractivity (Wildman–Crippen MR) is 86.5 cm³/mol. The van der Waals surface area contributed by atoms with Gasteiger partial charge in [0.05, 0.1) is 17.6 Å². The van der Waals surface area contributed by atoms with Crippen LogP contribution in [0.2, 0.25) is 0 Å². The van der Waals surface area contributed by atoms with Crippen molar-refractivity contribution in [3.8, 4) is 5.69 Å². The van der Waals surface area contributed by atoms with Gasteiger partial charge in [-0.25, -0.2) is 4.68 Å². The van der Waals surface area contributed by atoms with Crippen molar-refractivity contribution in [2.24, 2.45) is 5.92 Å². The highest BCUT2D eigenvalue weighted by atomic mass is 16.4. The standard InChI is InChI=1S/C17H21N3O3/c1-12(2)17(3,11-15(21)22)18-16(23)14-9-10-20(19-14)13-7-5-4-6-8-13/h4-10,12H,11H2,1-3H3,(H,18,23)(H,21,22). The summed E-state index contributed by atoms with van der Waals surface area (Å²) in [7, 11) is 0. The largest absolute Gasteiger partial charge is 0.481 e. The SMILES string of the molecule is CC(C)C(C)(CC(=O)O)NC(=O)c1ccn(-c2ccccc2)n1. The third kappa shape index (κ3) is 3.97. The maximum Gasteiger partial charge on any atom is 0.305 e. The van der Waals surface area contributed by atoms with Crippen LogP contribution in [0.4, 0.5) is 0 Å². The zero-order chi connectivity index (χ0) is 17.0. The molecule has 0 bridgehead atoms. The topological polar surface area (TPSA) is 84.2 Å². The number of carboxylic acids is 1. The van der Waals surface area contributed by atoms with E-state index >= 15 is 0 Å². The lowest BCUT2D eigenvalue weighted by atomic mass is 9.85. The summed E-state index contributed by atoms with van der Waals surface area (Å²) in [6.07, 6.45) is 1.56. The van der Waals surface area contributed by atoms with E-state index in [0.717, 1.165) is 5.69 Å². The second kappa shape index (κ2) is 6.64. The van der Waals surface area contributed by atoms with Crippen LogP contribution < -0.4 is 5.32 Å². The van der Waals surface area contributed by atoms with E-state index in [2.05, 4.69) is 10.4 Å². The third-order valence-corrected chi connectivity index (χ3v) is 4.03. The van der Waals surface area contributed by atoms with Gasteiger partial charge in [-0.3, -0.25) is 9.59 Å². The predicted octanol–water partition coefficient (Wildman–Crippen LogP) is 2.49. The van der Waals surface area contributed by atoms with Crippen LogP contribution in [0, 0.1) is 5.92 Å². The van der Waals surface area contributed by atoms with Crippen LogP contribution in [0.3, 0.4) is 0 Å². The van der Waals surface area contributed by atoms with E-state index in [1.165, 1.54) is 0 Å². The first-order valence-electron chi connectivity index (χ1n) is 7.47. The first-order chi connectivity index (χ1) is 10.8. The zero-order valence-corrected chi connectivity index (χ0v) is 13.5. The van der Waals surface area contributed by atoms with Gasteiger partial charge in [0.1, 0.15) is 0 Å². The second-order valence-electron chi connectivity index (χ2n) is 6.08. The van der Waals surface area contributed by atoms with Crippen molar-refractivity contribution in [3.05, 3.63) is 48.3 Å². The fourth-order valence-corrected chi connectivity index (χ4v) is 2.20. The number of hydrogen-bond donors (Lipinski definition) is 2. The van der Waals surface area contributed by atoms with Crippen LogP contribution in [0.1, 0.15) is 37.7 Å². The molecule has 0 saturated carbocycles. The maximum absolute atomic E-state index is 12.4. The van der Waals surface area contributed by atoms with Crippen LogP contribution in [-0.2, 0) is 4.79 Å². The average Bonchev–Trinajstić information content (AvgIpc) is 2.97. The molecule has 1 atom stereocenters. The van der Waals surface area contributed by atoms with E-state index in [4.69, 9.17) is 5.11 Å². The lowest BCUT2D eigenvalue weighted by Gasteiger charge is -2.33. The van der Waals surface area contributed by atoms with E-state index in [9.17, 15) is 9.59 Å². The molecular weight excluding hydrogens is 294 g/mol. The van der Waals surface area contributed by atoms with E-state index in [0.29, 0.717) is 0 Å². The maximum atomic E-state index is 12.4. The molecule has 1 amide bonds. The molecule has 0 radical (unpaired) electrons. The molecule has 23 heavy (non-hydrogen) atoms. The summed E-state index contributed by atoms with van der Waals surface area (Å²) in [6, 6.07) is 11.1. The van der Waals surface area contributed by atoms with Gasteiger partial charge >= 0.3 is 5.97 Å². The Morgan fingerprint density at radius 2 is 1.91 bits per heavy atom. The van der Waals surface area contributed by atoms with Crippen molar-refractivity contribution in [3.63, 3.8) is 0 Å². The second-order valence-corrected chi connectivity index (χ2v) is 6.08. The molecule has 0 aliphatic heterocycles. The van der Waals surface area contributed by atoms with Crippen LogP contribution >= 0.6 is 0 Å². The first-order valence-corrected chi connectivity index (χ1v) is 7.47. The van der Waals surface area contributed by atoms with Gasteiger partial charge in [-0.05, 0) is 31.0 Å². The normalized spacial score (nSPS) is 13.6. The molecule has 122 valence electrons. The van der Waals surface area contributed by atoms with Crippen molar-refractivity contribution in [1.82, 2.24) is 15.1 Å². The van der Waals surface area contributed by atoms with Gasteiger partial charge in [-0.15, -0.1) is 0 Å².